The zero-order chi connectivity index (χ0) is 20.6. The summed E-state index contributed by atoms with van der Waals surface area (Å²) in [5, 5.41) is 11.3. The zero-order valence-electron chi connectivity index (χ0n) is 16.5. The molecule has 29 heavy (non-hydrogen) atoms. The summed E-state index contributed by atoms with van der Waals surface area (Å²) in [5.74, 6) is 1.91. The molecular weight excluding hydrogens is 390 g/mol. The van der Waals surface area contributed by atoms with Gasteiger partial charge < -0.3 is 19.2 Å². The van der Waals surface area contributed by atoms with Crippen LogP contribution in [0.3, 0.4) is 0 Å². The van der Waals surface area contributed by atoms with Gasteiger partial charge in [-0.05, 0) is 29.7 Å². The Morgan fingerprint density at radius 3 is 2.59 bits per heavy atom. The molecule has 0 fully saturated rings. The number of nitrogens with one attached hydrogen (secondary N) is 1. The predicted molar refractivity (Wildman–Crippen MR) is 111 cm³/mol. The lowest BCUT2D eigenvalue weighted by Gasteiger charge is -2.12. The quantitative estimate of drug-likeness (QED) is 0.534. The number of benzene rings is 2. The molecule has 0 spiro atoms. The van der Waals surface area contributed by atoms with Gasteiger partial charge in [0.25, 0.3) is 5.22 Å². The van der Waals surface area contributed by atoms with Gasteiger partial charge in [-0.25, -0.2) is 0 Å². The third-order valence-corrected chi connectivity index (χ3v) is 5.16. The first-order chi connectivity index (χ1) is 14.1. The monoisotopic (exact) mass is 413 g/mol. The molecular formula is C21H23N3O4S. The van der Waals surface area contributed by atoms with Crippen LogP contribution in [0.2, 0.25) is 0 Å². The van der Waals surface area contributed by atoms with Crippen LogP contribution in [0.5, 0.6) is 11.5 Å². The summed E-state index contributed by atoms with van der Waals surface area (Å²) >= 11 is 1.20. The first-order valence-electron chi connectivity index (χ1n) is 9.11. The van der Waals surface area contributed by atoms with Crippen molar-refractivity contribution in [3.8, 4) is 23.0 Å². The molecule has 1 amide bonds. The number of nitrogens with zero attached hydrogens (tertiary/aromatic N) is 2. The number of ether oxygens (including phenoxy) is 2. The maximum Gasteiger partial charge on any atom is 0.277 e. The lowest BCUT2D eigenvalue weighted by atomic mass is 10.0. The highest BCUT2D eigenvalue weighted by Crippen LogP contribution is 2.32. The number of carbonyl (C=O) groups is 1. The van der Waals surface area contributed by atoms with Crippen LogP contribution >= 0.6 is 11.8 Å². The first kappa shape index (κ1) is 20.7. The Bertz CT molecular complexity index is 946. The largest absolute Gasteiger partial charge is 0.493 e. The van der Waals surface area contributed by atoms with Gasteiger partial charge in [0.05, 0.1) is 20.0 Å². The van der Waals surface area contributed by atoms with E-state index < -0.39 is 0 Å². The fourth-order valence-corrected chi connectivity index (χ4v) is 3.29. The maximum atomic E-state index is 12.1. The van der Waals surface area contributed by atoms with Crippen molar-refractivity contribution in [1.82, 2.24) is 15.5 Å². The van der Waals surface area contributed by atoms with Crippen LogP contribution in [-0.2, 0) is 4.79 Å². The van der Waals surface area contributed by atoms with E-state index in [-0.39, 0.29) is 17.6 Å². The maximum absolute atomic E-state index is 12.1. The van der Waals surface area contributed by atoms with Crippen molar-refractivity contribution in [1.29, 1.82) is 0 Å². The van der Waals surface area contributed by atoms with E-state index in [1.54, 1.807) is 32.4 Å². The molecule has 1 aromatic heterocycles. The number of amides is 1. The van der Waals surface area contributed by atoms with Gasteiger partial charge in [0.2, 0.25) is 11.8 Å². The molecule has 3 rings (SSSR count). The molecule has 1 heterocycles. The first-order valence-corrected chi connectivity index (χ1v) is 10.1. The van der Waals surface area contributed by atoms with Gasteiger partial charge in [-0.15, -0.1) is 10.2 Å². The van der Waals surface area contributed by atoms with E-state index in [2.05, 4.69) is 34.6 Å². The number of rotatable bonds is 9. The van der Waals surface area contributed by atoms with Crippen molar-refractivity contribution < 1.29 is 18.7 Å². The Balaban J connectivity index is 1.52. The third-order valence-electron chi connectivity index (χ3n) is 4.34. The van der Waals surface area contributed by atoms with E-state index in [4.69, 9.17) is 13.9 Å². The van der Waals surface area contributed by atoms with Gasteiger partial charge in [0.15, 0.2) is 11.5 Å². The predicted octanol–water partition coefficient (Wildman–Crippen LogP) is 3.77. The second-order valence-electron chi connectivity index (χ2n) is 6.35. The molecule has 7 nitrogen and oxygen atoms in total. The third kappa shape index (κ3) is 5.51. The van der Waals surface area contributed by atoms with Crippen LogP contribution in [0.25, 0.3) is 11.5 Å². The van der Waals surface area contributed by atoms with Crippen LogP contribution in [0.15, 0.2) is 58.2 Å². The van der Waals surface area contributed by atoms with Gasteiger partial charge in [0, 0.05) is 12.1 Å². The number of hydrogen-bond donors (Lipinski definition) is 1. The lowest BCUT2D eigenvalue weighted by molar-refractivity contribution is -0.118. The van der Waals surface area contributed by atoms with Crippen molar-refractivity contribution in [3.63, 3.8) is 0 Å². The Labute approximate surface area is 173 Å². The normalized spacial score (nSPS) is 11.7. The molecule has 0 aliphatic rings. The molecule has 0 saturated heterocycles. The standard InChI is InChI=1S/C21H23N3O4S/c1-14(15-7-5-4-6-8-15)12-22-19(25)13-29-21-24-23-20(28-21)16-9-10-17(26-2)18(11-16)27-3/h4-11,14H,12-13H2,1-3H3,(H,22,25)/t14-/m0/s1. The molecule has 2 aromatic carbocycles. The average molecular weight is 413 g/mol. The Morgan fingerprint density at radius 1 is 1.10 bits per heavy atom. The summed E-state index contributed by atoms with van der Waals surface area (Å²) < 4.78 is 16.2. The molecule has 0 radical (unpaired) electrons. The van der Waals surface area contributed by atoms with Crippen LogP contribution in [0.1, 0.15) is 18.4 Å². The summed E-state index contributed by atoms with van der Waals surface area (Å²) in [6.45, 7) is 2.65. The van der Waals surface area contributed by atoms with Crippen LogP contribution in [0.4, 0.5) is 0 Å². The highest BCUT2D eigenvalue weighted by atomic mass is 32.2. The van der Waals surface area contributed by atoms with Crippen LogP contribution in [-0.4, -0.2) is 42.6 Å². The fraction of sp³-hybridized carbons (Fsp3) is 0.286. The van der Waals surface area contributed by atoms with Crippen molar-refractivity contribution in [2.45, 2.75) is 18.1 Å². The average Bonchev–Trinajstić information content (AvgIpc) is 3.25. The van der Waals surface area contributed by atoms with Gasteiger partial charge >= 0.3 is 0 Å². The van der Waals surface area contributed by atoms with Crippen molar-refractivity contribution >= 4 is 17.7 Å². The second-order valence-corrected chi connectivity index (χ2v) is 7.27. The topological polar surface area (TPSA) is 86.5 Å². The molecule has 152 valence electrons. The highest BCUT2D eigenvalue weighted by molar-refractivity contribution is 7.99. The minimum Gasteiger partial charge on any atom is -0.493 e. The Morgan fingerprint density at radius 2 is 1.86 bits per heavy atom. The van der Waals surface area contributed by atoms with E-state index in [0.717, 1.165) is 0 Å². The lowest BCUT2D eigenvalue weighted by Crippen LogP contribution is -2.28. The molecule has 0 unspecified atom stereocenters. The number of aromatic nitrogens is 2. The summed E-state index contributed by atoms with van der Waals surface area (Å²) in [6, 6.07) is 15.4. The number of hydrogen-bond acceptors (Lipinski definition) is 7. The minimum atomic E-state index is -0.0800. The number of methoxy groups -OCH3 is 2. The van der Waals surface area contributed by atoms with Gasteiger partial charge in [-0.3, -0.25) is 4.79 Å². The Hall–Kier alpha value is -3.00. The van der Waals surface area contributed by atoms with E-state index >= 15 is 0 Å². The van der Waals surface area contributed by atoms with Gasteiger partial charge in [0.1, 0.15) is 0 Å². The van der Waals surface area contributed by atoms with E-state index in [0.29, 0.717) is 34.7 Å². The van der Waals surface area contributed by atoms with Crippen LogP contribution in [0, 0.1) is 0 Å². The van der Waals surface area contributed by atoms with Gasteiger partial charge in [-0.1, -0.05) is 49.0 Å². The number of carbonyl (C=O) groups excluding carboxylic acids is 1. The summed E-state index contributed by atoms with van der Waals surface area (Å²) in [6.07, 6.45) is 0. The molecule has 0 bridgehead atoms. The van der Waals surface area contributed by atoms with Crippen molar-refractivity contribution in [2.24, 2.45) is 0 Å². The van der Waals surface area contributed by atoms with Gasteiger partial charge in [-0.2, -0.15) is 0 Å². The highest BCUT2D eigenvalue weighted by Gasteiger charge is 2.14. The molecule has 1 N–H and O–H groups in total. The molecule has 0 aliphatic carbocycles. The molecule has 0 aliphatic heterocycles. The van der Waals surface area contributed by atoms with E-state index in [1.165, 1.54) is 17.3 Å². The summed E-state index contributed by atoms with van der Waals surface area (Å²) in [4.78, 5) is 12.1. The summed E-state index contributed by atoms with van der Waals surface area (Å²) in [5.41, 5.74) is 1.90. The number of thioether (sulfide) groups is 1. The molecule has 8 heteroatoms. The SMILES string of the molecule is COc1ccc(-c2nnc(SCC(=O)NC[C@H](C)c3ccccc3)o2)cc1OC. The van der Waals surface area contributed by atoms with E-state index in [9.17, 15) is 4.79 Å². The van der Waals surface area contributed by atoms with Crippen LogP contribution < -0.4 is 14.8 Å². The summed E-state index contributed by atoms with van der Waals surface area (Å²) in [7, 11) is 3.14. The Kier molecular flexibility index (Phi) is 7.13. The van der Waals surface area contributed by atoms with E-state index in [1.807, 2.05) is 18.2 Å². The molecule has 3 aromatic rings. The second kappa shape index (κ2) is 9.97. The smallest absolute Gasteiger partial charge is 0.277 e. The molecule has 0 saturated carbocycles. The van der Waals surface area contributed by atoms with Crippen molar-refractivity contribution in [2.75, 3.05) is 26.5 Å². The minimum absolute atomic E-state index is 0.0800. The zero-order valence-corrected chi connectivity index (χ0v) is 17.4. The fourth-order valence-electron chi connectivity index (χ4n) is 2.70. The van der Waals surface area contributed by atoms with Crippen molar-refractivity contribution in [3.05, 3.63) is 54.1 Å². The molecule has 1 atom stereocenters.